The van der Waals surface area contributed by atoms with Gasteiger partial charge in [0.1, 0.15) is 0 Å². The van der Waals surface area contributed by atoms with Gasteiger partial charge in [-0.2, -0.15) is 0 Å². The number of rotatable bonds is 3. The number of fused-ring (bicyclic) bond motifs is 1. The number of hydrogen-bond donors (Lipinski definition) is 1. The van der Waals surface area contributed by atoms with Gasteiger partial charge in [-0.05, 0) is 25.6 Å². The summed E-state index contributed by atoms with van der Waals surface area (Å²) in [6.45, 7) is 1.98. The highest BCUT2D eigenvalue weighted by Gasteiger charge is 2.33. The number of nitrogens with zero attached hydrogens (tertiary/aromatic N) is 2. The maximum atomic E-state index is 12.5. The Morgan fingerprint density at radius 1 is 1.33 bits per heavy atom. The van der Waals surface area contributed by atoms with E-state index >= 15 is 0 Å². The number of imide groups is 1. The number of nitrogens with one attached hydrogen (secondary N) is 1. The molecule has 1 atom stereocenters. The molecule has 1 unspecified atom stereocenters. The van der Waals surface area contributed by atoms with Crippen molar-refractivity contribution in [3.63, 3.8) is 0 Å². The van der Waals surface area contributed by atoms with E-state index in [0.717, 1.165) is 11.3 Å². The summed E-state index contributed by atoms with van der Waals surface area (Å²) in [5, 5.41) is 5.41. The third kappa shape index (κ3) is 2.36. The predicted octanol–water partition coefficient (Wildman–Crippen LogP) is 2.15. The number of amides is 2. The molecule has 5 nitrogen and oxygen atoms in total. The second-order valence-electron chi connectivity index (χ2n) is 4.93. The summed E-state index contributed by atoms with van der Waals surface area (Å²) in [7, 11) is 1.84. The van der Waals surface area contributed by atoms with Crippen LogP contribution in [0.2, 0.25) is 0 Å². The van der Waals surface area contributed by atoms with E-state index in [2.05, 4.69) is 10.3 Å². The number of benzene rings is 1. The fourth-order valence-corrected chi connectivity index (χ4v) is 3.21. The minimum atomic E-state index is -0.292. The number of thiazole rings is 1. The molecule has 0 saturated heterocycles. The molecule has 0 spiro atoms. The van der Waals surface area contributed by atoms with Gasteiger partial charge in [-0.3, -0.25) is 9.59 Å². The van der Waals surface area contributed by atoms with E-state index in [4.69, 9.17) is 0 Å². The van der Waals surface area contributed by atoms with Crippen LogP contribution in [0.25, 0.3) is 0 Å². The fraction of sp³-hybridized carbons (Fsp3) is 0.267. The Balaban J connectivity index is 1.98. The normalized spacial score (nSPS) is 16.0. The standard InChI is InChI=1S/C15H15N3O2S/c1-9(16-2)12-8-21-15(17-12)18-13(19)7-10-5-3-4-6-11(10)14(18)20/h3-6,8-9,16H,7H2,1-2H3. The zero-order valence-corrected chi connectivity index (χ0v) is 12.6. The van der Waals surface area contributed by atoms with Crippen LogP contribution in [-0.4, -0.2) is 23.8 Å². The Morgan fingerprint density at radius 2 is 2.10 bits per heavy atom. The number of anilines is 1. The molecule has 2 aromatic rings. The zero-order valence-electron chi connectivity index (χ0n) is 11.8. The van der Waals surface area contributed by atoms with Crippen LogP contribution in [0.4, 0.5) is 5.13 Å². The van der Waals surface area contributed by atoms with Crippen LogP contribution in [-0.2, 0) is 11.2 Å². The van der Waals surface area contributed by atoms with Crippen molar-refractivity contribution in [2.75, 3.05) is 11.9 Å². The van der Waals surface area contributed by atoms with Crippen LogP contribution in [0.15, 0.2) is 29.6 Å². The minimum Gasteiger partial charge on any atom is -0.312 e. The van der Waals surface area contributed by atoms with Gasteiger partial charge in [0, 0.05) is 17.0 Å². The highest BCUT2D eigenvalue weighted by Crippen LogP contribution is 2.29. The molecule has 21 heavy (non-hydrogen) atoms. The Hall–Kier alpha value is -2.05. The number of aromatic nitrogens is 1. The van der Waals surface area contributed by atoms with Crippen molar-refractivity contribution in [2.45, 2.75) is 19.4 Å². The first-order valence-corrected chi connectivity index (χ1v) is 7.57. The Kier molecular flexibility index (Phi) is 3.57. The van der Waals surface area contributed by atoms with Crippen molar-refractivity contribution < 1.29 is 9.59 Å². The zero-order chi connectivity index (χ0) is 15.0. The molecule has 0 fully saturated rings. The van der Waals surface area contributed by atoms with Crippen molar-refractivity contribution in [2.24, 2.45) is 0 Å². The summed E-state index contributed by atoms with van der Waals surface area (Å²) in [6, 6.07) is 7.30. The van der Waals surface area contributed by atoms with E-state index in [1.165, 1.54) is 16.2 Å². The van der Waals surface area contributed by atoms with Gasteiger partial charge in [-0.25, -0.2) is 9.88 Å². The van der Waals surface area contributed by atoms with Crippen molar-refractivity contribution >= 4 is 28.3 Å². The van der Waals surface area contributed by atoms with Crippen LogP contribution in [0, 0.1) is 0 Å². The Labute approximate surface area is 126 Å². The highest BCUT2D eigenvalue weighted by atomic mass is 32.1. The Bertz CT molecular complexity index is 710. The van der Waals surface area contributed by atoms with Crippen LogP contribution in [0.5, 0.6) is 0 Å². The quantitative estimate of drug-likeness (QED) is 0.882. The number of carbonyl (C=O) groups excluding carboxylic acids is 2. The maximum absolute atomic E-state index is 12.5. The summed E-state index contributed by atoms with van der Waals surface area (Å²) in [5.74, 6) is -0.517. The fourth-order valence-electron chi connectivity index (χ4n) is 2.28. The summed E-state index contributed by atoms with van der Waals surface area (Å²) >= 11 is 1.32. The first kappa shape index (κ1) is 13.9. The first-order chi connectivity index (χ1) is 10.1. The molecule has 1 aliphatic heterocycles. The van der Waals surface area contributed by atoms with E-state index in [-0.39, 0.29) is 24.3 Å². The molecule has 0 saturated carbocycles. The summed E-state index contributed by atoms with van der Waals surface area (Å²) in [5.41, 5.74) is 2.19. The summed E-state index contributed by atoms with van der Waals surface area (Å²) < 4.78 is 0. The molecule has 1 aromatic carbocycles. The first-order valence-electron chi connectivity index (χ1n) is 6.69. The molecular weight excluding hydrogens is 286 g/mol. The average Bonchev–Trinajstić information content (AvgIpc) is 2.96. The third-order valence-corrected chi connectivity index (χ3v) is 4.46. The second-order valence-corrected chi connectivity index (χ2v) is 5.77. The maximum Gasteiger partial charge on any atom is 0.267 e. The molecule has 2 heterocycles. The molecule has 0 aliphatic carbocycles. The summed E-state index contributed by atoms with van der Waals surface area (Å²) in [4.78, 5) is 30.4. The Morgan fingerprint density at radius 3 is 2.86 bits per heavy atom. The van der Waals surface area contributed by atoms with E-state index in [0.29, 0.717) is 10.7 Å². The number of hydrogen-bond acceptors (Lipinski definition) is 5. The predicted molar refractivity (Wildman–Crippen MR) is 81.6 cm³/mol. The largest absolute Gasteiger partial charge is 0.312 e. The van der Waals surface area contributed by atoms with Crippen molar-refractivity contribution in [1.82, 2.24) is 10.3 Å². The van der Waals surface area contributed by atoms with Gasteiger partial charge < -0.3 is 5.32 Å². The number of carbonyl (C=O) groups is 2. The molecule has 0 radical (unpaired) electrons. The van der Waals surface area contributed by atoms with Gasteiger partial charge in [-0.15, -0.1) is 11.3 Å². The molecule has 1 aliphatic rings. The van der Waals surface area contributed by atoms with Crippen LogP contribution < -0.4 is 10.2 Å². The van der Waals surface area contributed by atoms with Crippen molar-refractivity contribution in [1.29, 1.82) is 0 Å². The second kappa shape index (κ2) is 5.38. The third-order valence-electron chi connectivity index (χ3n) is 3.62. The lowest BCUT2D eigenvalue weighted by molar-refractivity contribution is -0.117. The highest BCUT2D eigenvalue weighted by molar-refractivity contribution is 7.14. The smallest absolute Gasteiger partial charge is 0.267 e. The SMILES string of the molecule is CNC(C)c1csc(N2C(=O)Cc3ccccc3C2=O)n1. The van der Waals surface area contributed by atoms with Crippen LogP contribution in [0.3, 0.4) is 0 Å². The molecule has 2 amide bonds. The van der Waals surface area contributed by atoms with E-state index in [9.17, 15) is 9.59 Å². The molecule has 0 bridgehead atoms. The van der Waals surface area contributed by atoms with E-state index in [1.54, 1.807) is 12.1 Å². The molecule has 1 N–H and O–H groups in total. The van der Waals surface area contributed by atoms with E-state index < -0.39 is 0 Å². The van der Waals surface area contributed by atoms with Gasteiger partial charge in [0.15, 0.2) is 5.13 Å². The lowest BCUT2D eigenvalue weighted by Crippen LogP contribution is -2.42. The van der Waals surface area contributed by atoms with Crippen LogP contribution in [0.1, 0.15) is 34.6 Å². The van der Waals surface area contributed by atoms with Gasteiger partial charge in [0.2, 0.25) is 5.91 Å². The molecule has 1 aromatic heterocycles. The average molecular weight is 301 g/mol. The van der Waals surface area contributed by atoms with Gasteiger partial charge in [0.25, 0.3) is 5.91 Å². The molecular formula is C15H15N3O2S. The molecule has 3 rings (SSSR count). The lowest BCUT2D eigenvalue weighted by atomic mass is 9.99. The monoisotopic (exact) mass is 301 g/mol. The van der Waals surface area contributed by atoms with Gasteiger partial charge in [0.05, 0.1) is 12.1 Å². The molecule has 108 valence electrons. The van der Waals surface area contributed by atoms with Gasteiger partial charge in [-0.1, -0.05) is 18.2 Å². The topological polar surface area (TPSA) is 62.3 Å². The van der Waals surface area contributed by atoms with Crippen molar-refractivity contribution in [3.8, 4) is 0 Å². The van der Waals surface area contributed by atoms with Crippen molar-refractivity contribution in [3.05, 3.63) is 46.5 Å². The molecule has 6 heteroatoms. The van der Waals surface area contributed by atoms with Gasteiger partial charge >= 0.3 is 0 Å². The lowest BCUT2D eigenvalue weighted by Gasteiger charge is -2.24. The minimum absolute atomic E-state index is 0.0808. The summed E-state index contributed by atoms with van der Waals surface area (Å²) in [6.07, 6.45) is 0.235. The van der Waals surface area contributed by atoms with Crippen LogP contribution >= 0.6 is 11.3 Å². The van der Waals surface area contributed by atoms with E-state index in [1.807, 2.05) is 31.5 Å².